The first-order valence-corrected chi connectivity index (χ1v) is 16.6. The fourth-order valence-electron chi connectivity index (χ4n) is 5.12. The van der Waals surface area contributed by atoms with Gasteiger partial charge in [0, 0.05) is 25.6 Å². The Morgan fingerprint density at radius 1 is 0.826 bits per heavy atom. The zero-order valence-corrected chi connectivity index (χ0v) is 27.5. The molecular formula is C36H41N3O6S. The van der Waals surface area contributed by atoms with Crippen molar-refractivity contribution in [3.63, 3.8) is 0 Å². The number of rotatable bonds is 15. The Labute approximate surface area is 271 Å². The molecule has 4 rings (SSSR count). The van der Waals surface area contributed by atoms with Gasteiger partial charge in [0.15, 0.2) is 11.5 Å². The molecule has 0 aliphatic rings. The molecule has 9 nitrogen and oxygen atoms in total. The highest BCUT2D eigenvalue weighted by Crippen LogP contribution is 2.34. The van der Waals surface area contributed by atoms with Crippen LogP contribution in [0.5, 0.6) is 11.5 Å². The van der Waals surface area contributed by atoms with E-state index >= 15 is 0 Å². The van der Waals surface area contributed by atoms with Crippen molar-refractivity contribution in [3.05, 3.63) is 120 Å². The molecule has 4 aromatic carbocycles. The van der Waals surface area contributed by atoms with E-state index in [4.69, 9.17) is 9.47 Å². The van der Waals surface area contributed by atoms with Crippen molar-refractivity contribution in [2.45, 2.75) is 44.2 Å². The number of hydrogen-bond acceptors (Lipinski definition) is 6. The molecule has 2 amide bonds. The normalized spacial score (nSPS) is 11.7. The number of nitrogens with one attached hydrogen (secondary N) is 1. The van der Waals surface area contributed by atoms with Gasteiger partial charge in [-0.1, -0.05) is 79.7 Å². The molecule has 0 aliphatic carbocycles. The second-order valence-corrected chi connectivity index (χ2v) is 12.7. The van der Waals surface area contributed by atoms with E-state index in [1.165, 1.54) is 37.3 Å². The predicted molar refractivity (Wildman–Crippen MR) is 179 cm³/mol. The van der Waals surface area contributed by atoms with Gasteiger partial charge < -0.3 is 19.7 Å². The highest BCUT2D eigenvalue weighted by molar-refractivity contribution is 7.92. The number of methoxy groups -OCH3 is 2. The summed E-state index contributed by atoms with van der Waals surface area (Å²) < 4.78 is 40.3. The molecule has 0 spiro atoms. The molecular weight excluding hydrogens is 602 g/mol. The van der Waals surface area contributed by atoms with Crippen LogP contribution in [-0.2, 0) is 32.6 Å². The van der Waals surface area contributed by atoms with Crippen LogP contribution in [-0.4, -0.2) is 58.5 Å². The third kappa shape index (κ3) is 8.25. The maximum Gasteiger partial charge on any atom is 0.264 e. The summed E-state index contributed by atoms with van der Waals surface area (Å²) in [6, 6.07) is 28.8. The first kappa shape index (κ1) is 34.1. The number of sulfonamides is 1. The number of aryl methyl sites for hydroxylation is 1. The first-order chi connectivity index (χ1) is 22.2. The van der Waals surface area contributed by atoms with E-state index < -0.39 is 28.5 Å². The molecule has 0 radical (unpaired) electrons. The van der Waals surface area contributed by atoms with E-state index in [-0.39, 0.29) is 29.5 Å². The standard InChI is InChI=1S/C36H41N3O6S/c1-5-22-37-36(41)32(23-28-15-8-6-9-16-28)38(25-29-17-13-12-14-27(29)2)35(40)26-39(46(42,43)31-18-10-7-11-19-31)30-20-21-33(44-3)34(24-30)45-4/h6-21,24,32H,5,22-23,25-26H2,1-4H3,(H,37,41). The van der Waals surface area contributed by atoms with Gasteiger partial charge in [-0.2, -0.15) is 0 Å². The number of carbonyl (C=O) groups excluding carboxylic acids is 2. The minimum Gasteiger partial charge on any atom is -0.493 e. The summed E-state index contributed by atoms with van der Waals surface area (Å²) in [5, 5.41) is 2.96. The van der Waals surface area contributed by atoms with Crippen LogP contribution in [0.25, 0.3) is 0 Å². The maximum absolute atomic E-state index is 14.6. The van der Waals surface area contributed by atoms with Gasteiger partial charge in [0.25, 0.3) is 10.0 Å². The Hall–Kier alpha value is -4.83. The molecule has 46 heavy (non-hydrogen) atoms. The van der Waals surface area contributed by atoms with Gasteiger partial charge in [0.2, 0.25) is 11.8 Å². The van der Waals surface area contributed by atoms with Crippen molar-refractivity contribution in [1.82, 2.24) is 10.2 Å². The Balaban J connectivity index is 1.83. The van der Waals surface area contributed by atoms with Crippen molar-refractivity contribution in [2.24, 2.45) is 0 Å². The second-order valence-electron chi connectivity index (χ2n) is 10.8. The fourth-order valence-corrected chi connectivity index (χ4v) is 6.55. The molecule has 0 fully saturated rings. The van der Waals surface area contributed by atoms with E-state index in [9.17, 15) is 18.0 Å². The van der Waals surface area contributed by atoms with Crippen molar-refractivity contribution in [1.29, 1.82) is 0 Å². The summed E-state index contributed by atoms with van der Waals surface area (Å²) in [4.78, 5) is 29.9. The summed E-state index contributed by atoms with van der Waals surface area (Å²) in [5.74, 6) is -0.133. The number of carbonyl (C=O) groups is 2. The van der Waals surface area contributed by atoms with Crippen LogP contribution in [0, 0.1) is 6.92 Å². The van der Waals surface area contributed by atoms with Gasteiger partial charge in [0.05, 0.1) is 24.8 Å². The molecule has 0 bridgehead atoms. The zero-order valence-electron chi connectivity index (χ0n) is 26.7. The third-order valence-corrected chi connectivity index (χ3v) is 9.48. The number of hydrogen-bond donors (Lipinski definition) is 1. The lowest BCUT2D eigenvalue weighted by atomic mass is 10.0. The maximum atomic E-state index is 14.6. The topological polar surface area (TPSA) is 105 Å². The molecule has 1 unspecified atom stereocenters. The van der Waals surface area contributed by atoms with E-state index in [1.807, 2.05) is 68.4 Å². The van der Waals surface area contributed by atoms with Gasteiger partial charge in [-0.3, -0.25) is 13.9 Å². The molecule has 0 saturated carbocycles. The first-order valence-electron chi connectivity index (χ1n) is 15.1. The molecule has 0 aliphatic heterocycles. The van der Waals surface area contributed by atoms with Crippen molar-refractivity contribution in [3.8, 4) is 11.5 Å². The van der Waals surface area contributed by atoms with Crippen LogP contribution in [0.4, 0.5) is 5.69 Å². The van der Waals surface area contributed by atoms with Crippen molar-refractivity contribution in [2.75, 3.05) is 31.6 Å². The van der Waals surface area contributed by atoms with E-state index in [0.29, 0.717) is 18.0 Å². The minimum absolute atomic E-state index is 0.0181. The summed E-state index contributed by atoms with van der Waals surface area (Å²) in [6.07, 6.45) is 0.966. The van der Waals surface area contributed by atoms with Crippen LogP contribution < -0.4 is 19.1 Å². The van der Waals surface area contributed by atoms with Crippen LogP contribution in [0.2, 0.25) is 0 Å². The van der Waals surface area contributed by atoms with Crippen molar-refractivity contribution >= 4 is 27.5 Å². The average Bonchev–Trinajstić information content (AvgIpc) is 3.08. The second kappa shape index (κ2) is 15.9. The average molecular weight is 644 g/mol. The SMILES string of the molecule is CCCNC(=O)C(Cc1ccccc1)N(Cc1ccccc1C)C(=O)CN(c1ccc(OC)c(OC)c1)S(=O)(=O)c1ccccc1. The van der Waals surface area contributed by atoms with Gasteiger partial charge in [-0.05, 0) is 54.3 Å². The number of ether oxygens (including phenoxy) is 2. The van der Waals surface area contributed by atoms with E-state index in [2.05, 4.69) is 5.32 Å². The van der Waals surface area contributed by atoms with Gasteiger partial charge in [-0.15, -0.1) is 0 Å². The van der Waals surface area contributed by atoms with Gasteiger partial charge in [0.1, 0.15) is 12.6 Å². The van der Waals surface area contributed by atoms with Crippen LogP contribution in [0.15, 0.2) is 108 Å². The monoisotopic (exact) mass is 643 g/mol. The molecule has 10 heteroatoms. The molecule has 242 valence electrons. The lowest BCUT2D eigenvalue weighted by Crippen LogP contribution is -2.53. The third-order valence-electron chi connectivity index (χ3n) is 7.69. The Bertz CT molecular complexity index is 1710. The molecule has 1 atom stereocenters. The lowest BCUT2D eigenvalue weighted by Gasteiger charge is -2.34. The Kier molecular flexibility index (Phi) is 11.8. The predicted octanol–water partition coefficient (Wildman–Crippen LogP) is 5.37. The number of benzene rings is 4. The Morgan fingerprint density at radius 3 is 2.09 bits per heavy atom. The van der Waals surface area contributed by atoms with Crippen molar-refractivity contribution < 1.29 is 27.5 Å². The Morgan fingerprint density at radius 2 is 1.46 bits per heavy atom. The molecule has 0 heterocycles. The molecule has 1 N–H and O–H groups in total. The van der Waals surface area contributed by atoms with Crippen LogP contribution >= 0.6 is 0 Å². The number of amides is 2. The molecule has 4 aromatic rings. The quantitative estimate of drug-likeness (QED) is 0.187. The fraction of sp³-hybridized carbons (Fsp3) is 0.278. The zero-order chi connectivity index (χ0) is 33.1. The number of anilines is 1. The van der Waals surface area contributed by atoms with Crippen LogP contribution in [0.1, 0.15) is 30.0 Å². The summed E-state index contributed by atoms with van der Waals surface area (Å²) in [5.41, 5.74) is 2.87. The summed E-state index contributed by atoms with van der Waals surface area (Å²) in [6.45, 7) is 3.88. The lowest BCUT2D eigenvalue weighted by molar-refractivity contribution is -0.140. The smallest absolute Gasteiger partial charge is 0.264 e. The molecule has 0 saturated heterocycles. The highest BCUT2D eigenvalue weighted by atomic mass is 32.2. The summed E-state index contributed by atoms with van der Waals surface area (Å²) >= 11 is 0. The molecule has 0 aromatic heterocycles. The van der Waals surface area contributed by atoms with E-state index in [1.54, 1.807) is 30.3 Å². The number of nitrogens with zero attached hydrogens (tertiary/aromatic N) is 2. The largest absolute Gasteiger partial charge is 0.493 e. The van der Waals surface area contributed by atoms with Crippen LogP contribution in [0.3, 0.4) is 0 Å². The highest BCUT2D eigenvalue weighted by Gasteiger charge is 2.35. The van der Waals surface area contributed by atoms with Gasteiger partial charge in [-0.25, -0.2) is 8.42 Å². The summed E-state index contributed by atoms with van der Waals surface area (Å²) in [7, 11) is -1.30. The van der Waals surface area contributed by atoms with E-state index in [0.717, 1.165) is 27.4 Å². The van der Waals surface area contributed by atoms with Gasteiger partial charge >= 0.3 is 0 Å². The minimum atomic E-state index is -4.24.